The van der Waals surface area contributed by atoms with Crippen molar-refractivity contribution in [1.82, 2.24) is 10.2 Å². The molecule has 0 aliphatic heterocycles. The third kappa shape index (κ3) is 18.9. The van der Waals surface area contributed by atoms with Gasteiger partial charge in [-0.05, 0) is 52.5 Å². The molecule has 2 atom stereocenters. The molecule has 4 heteroatoms. The molecule has 0 aliphatic carbocycles. The van der Waals surface area contributed by atoms with Gasteiger partial charge in [0, 0.05) is 13.1 Å². The molecule has 0 spiro atoms. The Morgan fingerprint density at radius 3 is 1.64 bits per heavy atom. The number of unbranched alkanes of at least 4 members (excludes halogenated alkanes) is 12. The Kier molecular flexibility index (Phi) is 21.0. The van der Waals surface area contributed by atoms with Gasteiger partial charge in [-0.15, -0.1) is 0 Å². The van der Waals surface area contributed by atoms with E-state index in [1.165, 1.54) is 89.9 Å². The van der Waals surface area contributed by atoms with Crippen LogP contribution in [0, 0.1) is 0 Å². The van der Waals surface area contributed by atoms with Crippen LogP contribution in [0.4, 0.5) is 0 Å². The minimum atomic E-state index is -0.604. The number of allylic oxidation sites excluding steroid dienone is 2. The van der Waals surface area contributed by atoms with E-state index >= 15 is 0 Å². The molecule has 0 rings (SSSR count). The van der Waals surface area contributed by atoms with Crippen LogP contribution in [-0.4, -0.2) is 47.2 Å². The lowest BCUT2D eigenvalue weighted by molar-refractivity contribution is -0.0828. The zero-order valence-electron chi connectivity index (χ0n) is 19.2. The van der Waals surface area contributed by atoms with Crippen molar-refractivity contribution in [2.45, 2.75) is 123 Å². The molecule has 0 bridgehead atoms. The summed E-state index contributed by atoms with van der Waals surface area (Å²) in [6.07, 6.45) is 22.3. The maximum absolute atomic E-state index is 9.57. The maximum atomic E-state index is 9.57. The molecule has 0 aliphatic rings. The van der Waals surface area contributed by atoms with Crippen LogP contribution in [0.15, 0.2) is 12.2 Å². The standard InChI is InChI=1S/C24H50N2O2/c1-4-5-6-7-8-9-10-11-12-13-14-15-16-17-18-19-20-25-21-22-26(23(2)27)24(3)28/h11-12,23-25,27-28H,4-10,13-22H2,1-3H3/b12-11-. The predicted molar refractivity (Wildman–Crippen MR) is 122 cm³/mol. The molecule has 0 amide bonds. The highest BCUT2D eigenvalue weighted by Crippen LogP contribution is 2.09. The monoisotopic (exact) mass is 398 g/mol. The number of nitrogens with zero attached hydrogens (tertiary/aromatic N) is 1. The molecule has 168 valence electrons. The predicted octanol–water partition coefficient (Wildman–Crippen LogP) is 5.59. The first-order valence-electron chi connectivity index (χ1n) is 12.1. The number of nitrogens with one attached hydrogen (secondary N) is 1. The van der Waals surface area contributed by atoms with Crippen LogP contribution in [0.25, 0.3) is 0 Å². The van der Waals surface area contributed by atoms with Gasteiger partial charge in [-0.2, -0.15) is 0 Å². The van der Waals surface area contributed by atoms with E-state index in [1.807, 2.05) is 0 Å². The topological polar surface area (TPSA) is 55.7 Å². The number of hydrogen-bond acceptors (Lipinski definition) is 4. The van der Waals surface area contributed by atoms with Gasteiger partial charge in [-0.1, -0.05) is 76.9 Å². The fourth-order valence-electron chi connectivity index (χ4n) is 3.52. The Morgan fingerprint density at radius 2 is 1.14 bits per heavy atom. The molecule has 0 radical (unpaired) electrons. The lowest BCUT2D eigenvalue weighted by atomic mass is 10.1. The Hall–Kier alpha value is -0.420. The third-order valence-electron chi connectivity index (χ3n) is 5.37. The first kappa shape index (κ1) is 27.6. The molecule has 0 fully saturated rings. The summed E-state index contributed by atoms with van der Waals surface area (Å²) in [5.74, 6) is 0. The van der Waals surface area contributed by atoms with Gasteiger partial charge in [-0.3, -0.25) is 4.90 Å². The summed E-state index contributed by atoms with van der Waals surface area (Å²) >= 11 is 0. The smallest absolute Gasteiger partial charge is 0.106 e. The summed E-state index contributed by atoms with van der Waals surface area (Å²) in [6, 6.07) is 0. The Morgan fingerprint density at radius 1 is 0.679 bits per heavy atom. The van der Waals surface area contributed by atoms with E-state index in [0.29, 0.717) is 6.54 Å². The van der Waals surface area contributed by atoms with Crippen LogP contribution in [0.1, 0.15) is 111 Å². The van der Waals surface area contributed by atoms with Crippen LogP contribution in [0.2, 0.25) is 0 Å². The zero-order valence-corrected chi connectivity index (χ0v) is 19.2. The van der Waals surface area contributed by atoms with Crippen LogP contribution in [-0.2, 0) is 0 Å². The average Bonchev–Trinajstić information content (AvgIpc) is 2.65. The summed E-state index contributed by atoms with van der Waals surface area (Å²) in [6.45, 7) is 8.16. The summed E-state index contributed by atoms with van der Waals surface area (Å²) in [4.78, 5) is 1.68. The fourth-order valence-corrected chi connectivity index (χ4v) is 3.52. The maximum Gasteiger partial charge on any atom is 0.106 e. The van der Waals surface area contributed by atoms with E-state index < -0.39 is 12.5 Å². The molecule has 0 saturated carbocycles. The van der Waals surface area contributed by atoms with Gasteiger partial charge in [0.05, 0.1) is 0 Å². The van der Waals surface area contributed by atoms with Gasteiger partial charge >= 0.3 is 0 Å². The Labute approximate surface area is 175 Å². The highest BCUT2D eigenvalue weighted by Gasteiger charge is 2.14. The minimum Gasteiger partial charge on any atom is -0.379 e. The molecule has 2 unspecified atom stereocenters. The summed E-state index contributed by atoms with van der Waals surface area (Å²) < 4.78 is 0. The van der Waals surface area contributed by atoms with Crippen molar-refractivity contribution in [3.63, 3.8) is 0 Å². The van der Waals surface area contributed by atoms with Crippen molar-refractivity contribution >= 4 is 0 Å². The SMILES string of the molecule is CCCCCCCC/C=C\CCCCCCCCNCCN(C(C)O)C(C)O. The molecule has 0 aromatic heterocycles. The number of rotatable bonds is 21. The minimum absolute atomic E-state index is 0.604. The lowest BCUT2D eigenvalue weighted by Gasteiger charge is -2.28. The summed E-state index contributed by atoms with van der Waals surface area (Å²) in [5, 5.41) is 22.5. The van der Waals surface area contributed by atoms with E-state index in [1.54, 1.807) is 18.7 Å². The molecule has 0 saturated heterocycles. The first-order chi connectivity index (χ1) is 13.6. The highest BCUT2D eigenvalue weighted by molar-refractivity contribution is 4.81. The van der Waals surface area contributed by atoms with E-state index in [2.05, 4.69) is 24.4 Å². The Balaban J connectivity index is 3.24. The van der Waals surface area contributed by atoms with Gasteiger partial charge < -0.3 is 15.5 Å². The van der Waals surface area contributed by atoms with Crippen molar-refractivity contribution in [2.24, 2.45) is 0 Å². The zero-order chi connectivity index (χ0) is 20.9. The number of aliphatic hydroxyl groups is 2. The molecule has 0 heterocycles. The van der Waals surface area contributed by atoms with E-state index in [0.717, 1.165) is 13.1 Å². The van der Waals surface area contributed by atoms with Gasteiger partial charge in [0.25, 0.3) is 0 Å². The fraction of sp³-hybridized carbons (Fsp3) is 0.917. The molecule has 0 aromatic rings. The van der Waals surface area contributed by atoms with Crippen molar-refractivity contribution in [1.29, 1.82) is 0 Å². The second-order valence-electron chi connectivity index (χ2n) is 8.19. The quantitative estimate of drug-likeness (QED) is 0.134. The molecule has 3 N–H and O–H groups in total. The van der Waals surface area contributed by atoms with E-state index in [4.69, 9.17) is 0 Å². The molecule has 28 heavy (non-hydrogen) atoms. The molecule has 0 aromatic carbocycles. The van der Waals surface area contributed by atoms with E-state index in [9.17, 15) is 10.2 Å². The normalized spacial score (nSPS) is 14.2. The third-order valence-corrected chi connectivity index (χ3v) is 5.37. The van der Waals surface area contributed by atoms with Crippen molar-refractivity contribution < 1.29 is 10.2 Å². The average molecular weight is 399 g/mol. The largest absolute Gasteiger partial charge is 0.379 e. The van der Waals surface area contributed by atoms with Crippen molar-refractivity contribution in [3.05, 3.63) is 12.2 Å². The van der Waals surface area contributed by atoms with Crippen molar-refractivity contribution in [3.8, 4) is 0 Å². The van der Waals surface area contributed by atoms with Crippen LogP contribution in [0.3, 0.4) is 0 Å². The van der Waals surface area contributed by atoms with Crippen LogP contribution < -0.4 is 5.32 Å². The summed E-state index contributed by atoms with van der Waals surface area (Å²) in [5.41, 5.74) is 0. The van der Waals surface area contributed by atoms with E-state index in [-0.39, 0.29) is 0 Å². The second-order valence-corrected chi connectivity index (χ2v) is 8.19. The number of aliphatic hydroxyl groups excluding tert-OH is 2. The van der Waals surface area contributed by atoms with Crippen molar-refractivity contribution in [2.75, 3.05) is 19.6 Å². The van der Waals surface area contributed by atoms with Gasteiger partial charge in [0.2, 0.25) is 0 Å². The summed E-state index contributed by atoms with van der Waals surface area (Å²) in [7, 11) is 0. The molecular weight excluding hydrogens is 348 g/mol. The second kappa shape index (κ2) is 21.3. The van der Waals surface area contributed by atoms with Gasteiger partial charge in [-0.25, -0.2) is 0 Å². The van der Waals surface area contributed by atoms with Gasteiger partial charge in [0.15, 0.2) is 0 Å². The van der Waals surface area contributed by atoms with Crippen LogP contribution >= 0.6 is 0 Å². The lowest BCUT2D eigenvalue weighted by Crippen LogP contribution is -2.43. The Bertz CT molecular complexity index is 325. The highest BCUT2D eigenvalue weighted by atomic mass is 16.3. The van der Waals surface area contributed by atoms with Gasteiger partial charge in [0.1, 0.15) is 12.5 Å². The van der Waals surface area contributed by atoms with Crippen LogP contribution in [0.5, 0.6) is 0 Å². The molecular formula is C24H50N2O2. The molecule has 4 nitrogen and oxygen atoms in total. The first-order valence-corrected chi connectivity index (χ1v) is 12.1. The number of hydrogen-bond donors (Lipinski definition) is 3.